The minimum atomic E-state index is 0.643. The van der Waals surface area contributed by atoms with E-state index in [1.165, 1.54) is 0 Å². The first-order valence-corrected chi connectivity index (χ1v) is 6.06. The van der Waals surface area contributed by atoms with Crippen LogP contribution in [0.3, 0.4) is 0 Å². The zero-order chi connectivity index (χ0) is 11.5. The lowest BCUT2D eigenvalue weighted by Gasteiger charge is -2.42. The lowest BCUT2D eigenvalue weighted by Crippen LogP contribution is -2.50. The number of hydrogen-bond donors (Lipinski definition) is 0. The molecular weight excluding hydrogens is 170 g/mol. The van der Waals surface area contributed by atoms with Gasteiger partial charge in [-0.3, -0.25) is 4.90 Å². The van der Waals surface area contributed by atoms with Gasteiger partial charge in [-0.1, -0.05) is 27.7 Å². The maximum Gasteiger partial charge on any atom is 0.0147 e. The van der Waals surface area contributed by atoms with Crippen molar-refractivity contribution in [3.63, 3.8) is 0 Å². The summed E-state index contributed by atoms with van der Waals surface area (Å²) in [4.78, 5) is 2.65. The third-order valence-electron chi connectivity index (χ3n) is 2.90. The second-order valence-electron chi connectivity index (χ2n) is 5.61. The first-order valence-electron chi connectivity index (χ1n) is 6.06. The molecule has 0 spiro atoms. The molecule has 86 valence electrons. The number of rotatable bonds is 5. The Balaban J connectivity index is 4.74. The predicted molar refractivity (Wildman–Crippen MR) is 65.6 cm³/mol. The van der Waals surface area contributed by atoms with Gasteiger partial charge in [0.1, 0.15) is 0 Å². The van der Waals surface area contributed by atoms with Crippen molar-refractivity contribution in [2.24, 2.45) is 11.8 Å². The molecule has 0 saturated heterocycles. The van der Waals surface area contributed by atoms with E-state index in [4.69, 9.17) is 0 Å². The molecular formula is C13H29N. The van der Waals surface area contributed by atoms with Crippen LogP contribution in [0.15, 0.2) is 0 Å². The average Bonchev–Trinajstić information content (AvgIpc) is 1.96. The summed E-state index contributed by atoms with van der Waals surface area (Å²) in [5.74, 6) is 1.47. The Kier molecular flexibility index (Phi) is 5.73. The van der Waals surface area contributed by atoms with Crippen LogP contribution in [0.5, 0.6) is 0 Å². The van der Waals surface area contributed by atoms with Gasteiger partial charge in [0.2, 0.25) is 0 Å². The standard InChI is InChI=1S/C13H29N/c1-9(2)13(10(3)4)14(11(5)6)12(7)8/h9-13H,1-8H3. The molecule has 0 saturated carbocycles. The Labute approximate surface area is 90.9 Å². The molecule has 0 amide bonds. The van der Waals surface area contributed by atoms with E-state index in [0.29, 0.717) is 18.1 Å². The van der Waals surface area contributed by atoms with Crippen LogP contribution in [-0.4, -0.2) is 23.0 Å². The van der Waals surface area contributed by atoms with Crippen molar-refractivity contribution >= 4 is 0 Å². The summed E-state index contributed by atoms with van der Waals surface area (Å²) in [5, 5.41) is 0. The highest BCUT2D eigenvalue weighted by Gasteiger charge is 2.28. The SMILES string of the molecule is CC(C)C(C(C)C)N(C(C)C)C(C)C. The fourth-order valence-corrected chi connectivity index (χ4v) is 2.74. The highest BCUT2D eigenvalue weighted by atomic mass is 15.2. The lowest BCUT2D eigenvalue weighted by molar-refractivity contribution is 0.0532. The zero-order valence-electron chi connectivity index (χ0n) is 11.3. The molecule has 0 aromatic carbocycles. The summed E-state index contributed by atoms with van der Waals surface area (Å²) in [7, 11) is 0. The van der Waals surface area contributed by atoms with Gasteiger partial charge < -0.3 is 0 Å². The Morgan fingerprint density at radius 1 is 0.571 bits per heavy atom. The van der Waals surface area contributed by atoms with Gasteiger partial charge in [-0.2, -0.15) is 0 Å². The van der Waals surface area contributed by atoms with Crippen molar-refractivity contribution < 1.29 is 0 Å². The van der Waals surface area contributed by atoms with Gasteiger partial charge in [0, 0.05) is 18.1 Å². The second kappa shape index (κ2) is 5.75. The topological polar surface area (TPSA) is 3.24 Å². The molecule has 0 fully saturated rings. The minimum absolute atomic E-state index is 0.643. The second-order valence-corrected chi connectivity index (χ2v) is 5.61. The van der Waals surface area contributed by atoms with E-state index < -0.39 is 0 Å². The Hall–Kier alpha value is -0.0400. The summed E-state index contributed by atoms with van der Waals surface area (Å²) in [6.07, 6.45) is 0. The summed E-state index contributed by atoms with van der Waals surface area (Å²) in [6, 6.07) is 1.99. The van der Waals surface area contributed by atoms with Crippen LogP contribution in [0.2, 0.25) is 0 Å². The van der Waals surface area contributed by atoms with Crippen LogP contribution < -0.4 is 0 Å². The Morgan fingerprint density at radius 2 is 0.857 bits per heavy atom. The lowest BCUT2D eigenvalue weighted by atomic mass is 9.89. The van der Waals surface area contributed by atoms with Crippen molar-refractivity contribution in [1.82, 2.24) is 4.90 Å². The monoisotopic (exact) mass is 199 g/mol. The van der Waals surface area contributed by atoms with E-state index in [-0.39, 0.29) is 0 Å². The molecule has 1 heteroatoms. The van der Waals surface area contributed by atoms with Crippen LogP contribution in [-0.2, 0) is 0 Å². The molecule has 0 radical (unpaired) electrons. The zero-order valence-corrected chi connectivity index (χ0v) is 11.3. The molecule has 1 nitrogen and oxygen atoms in total. The summed E-state index contributed by atoms with van der Waals surface area (Å²) in [6.45, 7) is 18.6. The molecule has 0 bridgehead atoms. The van der Waals surface area contributed by atoms with Crippen molar-refractivity contribution in [2.75, 3.05) is 0 Å². The third-order valence-corrected chi connectivity index (χ3v) is 2.90. The molecule has 0 heterocycles. The van der Waals surface area contributed by atoms with Crippen molar-refractivity contribution in [2.45, 2.75) is 73.5 Å². The molecule has 0 N–H and O–H groups in total. The fourth-order valence-electron chi connectivity index (χ4n) is 2.74. The molecule has 0 aromatic rings. The highest BCUT2D eigenvalue weighted by Crippen LogP contribution is 2.23. The predicted octanol–water partition coefficient (Wildman–Crippen LogP) is 3.79. The van der Waals surface area contributed by atoms with Gasteiger partial charge in [0.15, 0.2) is 0 Å². The molecule has 0 aromatic heterocycles. The average molecular weight is 199 g/mol. The van der Waals surface area contributed by atoms with Gasteiger partial charge in [-0.05, 0) is 39.5 Å². The van der Waals surface area contributed by atoms with Crippen LogP contribution in [0.1, 0.15) is 55.4 Å². The van der Waals surface area contributed by atoms with E-state index in [1.807, 2.05) is 0 Å². The highest BCUT2D eigenvalue weighted by molar-refractivity contribution is 4.82. The third kappa shape index (κ3) is 3.61. The molecule has 0 aliphatic carbocycles. The van der Waals surface area contributed by atoms with E-state index in [9.17, 15) is 0 Å². The van der Waals surface area contributed by atoms with Gasteiger partial charge in [-0.15, -0.1) is 0 Å². The van der Waals surface area contributed by atoms with Crippen LogP contribution in [0.25, 0.3) is 0 Å². The molecule has 0 aliphatic rings. The number of hydrogen-bond acceptors (Lipinski definition) is 1. The maximum absolute atomic E-state index is 2.65. The van der Waals surface area contributed by atoms with Crippen molar-refractivity contribution in [3.8, 4) is 0 Å². The van der Waals surface area contributed by atoms with E-state index in [1.54, 1.807) is 0 Å². The van der Waals surface area contributed by atoms with Crippen molar-refractivity contribution in [1.29, 1.82) is 0 Å². The van der Waals surface area contributed by atoms with E-state index >= 15 is 0 Å². The molecule has 14 heavy (non-hydrogen) atoms. The Bertz CT molecular complexity index is 113. The summed E-state index contributed by atoms with van der Waals surface area (Å²) in [5.41, 5.74) is 0. The van der Waals surface area contributed by atoms with Crippen LogP contribution >= 0.6 is 0 Å². The fraction of sp³-hybridized carbons (Fsp3) is 1.00. The number of nitrogens with zero attached hydrogens (tertiary/aromatic N) is 1. The maximum atomic E-state index is 2.65. The first-order chi connectivity index (χ1) is 6.29. The molecule has 0 aliphatic heterocycles. The van der Waals surface area contributed by atoms with E-state index in [0.717, 1.165) is 11.8 Å². The summed E-state index contributed by atoms with van der Waals surface area (Å²) < 4.78 is 0. The largest absolute Gasteiger partial charge is 0.295 e. The van der Waals surface area contributed by atoms with Crippen LogP contribution in [0, 0.1) is 11.8 Å². The van der Waals surface area contributed by atoms with Gasteiger partial charge in [0.25, 0.3) is 0 Å². The smallest absolute Gasteiger partial charge is 0.0147 e. The molecule has 0 rings (SSSR count). The Morgan fingerprint density at radius 3 is 0.929 bits per heavy atom. The normalized spacial score (nSPS) is 13.3. The molecule has 0 atom stereocenters. The first kappa shape index (κ1) is 14.0. The van der Waals surface area contributed by atoms with E-state index in [2.05, 4.69) is 60.3 Å². The molecule has 0 unspecified atom stereocenters. The minimum Gasteiger partial charge on any atom is -0.295 e. The van der Waals surface area contributed by atoms with Gasteiger partial charge in [0.05, 0.1) is 0 Å². The summed E-state index contributed by atoms with van der Waals surface area (Å²) >= 11 is 0. The van der Waals surface area contributed by atoms with Gasteiger partial charge in [-0.25, -0.2) is 0 Å². The van der Waals surface area contributed by atoms with Crippen molar-refractivity contribution in [3.05, 3.63) is 0 Å². The quantitative estimate of drug-likeness (QED) is 0.651. The van der Waals surface area contributed by atoms with Crippen LogP contribution in [0.4, 0.5) is 0 Å². The van der Waals surface area contributed by atoms with Gasteiger partial charge >= 0.3 is 0 Å².